The van der Waals surface area contributed by atoms with E-state index in [9.17, 15) is 26.4 Å². The van der Waals surface area contributed by atoms with E-state index >= 15 is 0 Å². The van der Waals surface area contributed by atoms with E-state index in [1.807, 2.05) is 0 Å². The number of hydrogen-bond acceptors (Lipinski definition) is 7. The van der Waals surface area contributed by atoms with Gasteiger partial charge in [-0.3, -0.25) is 4.98 Å². The van der Waals surface area contributed by atoms with E-state index in [2.05, 4.69) is 25.0 Å². The lowest BCUT2D eigenvalue weighted by Crippen LogP contribution is -2.22. The highest BCUT2D eigenvalue weighted by Gasteiger charge is 2.25. The highest BCUT2D eigenvalue weighted by molar-refractivity contribution is 7.90. The summed E-state index contributed by atoms with van der Waals surface area (Å²) < 4.78 is 65.5. The van der Waals surface area contributed by atoms with Crippen molar-refractivity contribution in [3.05, 3.63) is 58.5 Å². The molecule has 0 saturated heterocycles. The van der Waals surface area contributed by atoms with Gasteiger partial charge in [0.25, 0.3) is 0 Å². The normalized spacial score (nSPS) is 11.9. The maximum absolute atomic E-state index is 13.9. The van der Waals surface area contributed by atoms with E-state index in [0.717, 1.165) is 6.26 Å². The Hall–Kier alpha value is -3.61. The Bertz CT molecular complexity index is 1410. The lowest BCUT2D eigenvalue weighted by atomic mass is 10.0. The average Bonchev–Trinajstić information content (AvgIpc) is 3.06. The molecule has 0 aliphatic rings. The lowest BCUT2D eigenvalue weighted by Gasteiger charge is -2.05. The molecule has 1 aromatic carbocycles. The molecule has 0 aliphatic carbocycles. The first-order valence-electron chi connectivity index (χ1n) is 7.82. The Morgan fingerprint density at radius 3 is 2.28 bits per heavy atom. The van der Waals surface area contributed by atoms with Crippen molar-refractivity contribution >= 4 is 15.5 Å². The van der Waals surface area contributed by atoms with Crippen molar-refractivity contribution in [2.75, 3.05) is 6.26 Å². The van der Waals surface area contributed by atoms with Crippen LogP contribution in [0.1, 0.15) is 0 Å². The van der Waals surface area contributed by atoms with Crippen LogP contribution in [0.3, 0.4) is 0 Å². The molecule has 13 heteroatoms. The van der Waals surface area contributed by atoms with Crippen molar-refractivity contribution in [2.45, 2.75) is 5.16 Å². The van der Waals surface area contributed by atoms with E-state index in [1.165, 1.54) is 18.5 Å². The third kappa shape index (κ3) is 3.14. The molecule has 0 radical (unpaired) electrons. The molecule has 0 bridgehead atoms. The Morgan fingerprint density at radius 2 is 1.69 bits per heavy atom. The molecule has 0 atom stereocenters. The number of benzene rings is 1. The van der Waals surface area contributed by atoms with Gasteiger partial charge in [0.2, 0.25) is 15.0 Å². The van der Waals surface area contributed by atoms with Gasteiger partial charge >= 0.3 is 5.69 Å². The molecule has 148 valence electrons. The van der Waals surface area contributed by atoms with Gasteiger partial charge in [-0.1, -0.05) is 0 Å². The van der Waals surface area contributed by atoms with Crippen LogP contribution in [0.25, 0.3) is 28.3 Å². The standard InChI is InChI=1S/C16H9F3N6O3S/c1-29(27,28)15-22-14-10(7-5-8(17)11(19)9(18)6-7)12(13-20-3-2-4-21-13)24-25(14)16(26)23-15/h2-6H,1H3,(H,22,23,26). The smallest absolute Gasteiger partial charge is 0.281 e. The van der Waals surface area contributed by atoms with E-state index in [1.54, 1.807) is 0 Å². The van der Waals surface area contributed by atoms with E-state index in [4.69, 9.17) is 0 Å². The molecule has 4 aromatic rings. The minimum Gasteiger partial charge on any atom is -0.281 e. The molecule has 9 nitrogen and oxygen atoms in total. The number of fused-ring (bicyclic) bond motifs is 1. The molecule has 0 spiro atoms. The van der Waals surface area contributed by atoms with Gasteiger partial charge in [-0.05, 0) is 23.8 Å². The van der Waals surface area contributed by atoms with Crippen molar-refractivity contribution < 1.29 is 21.6 Å². The first kappa shape index (κ1) is 18.7. The third-order valence-corrected chi connectivity index (χ3v) is 4.77. The largest absolute Gasteiger partial charge is 0.350 e. The van der Waals surface area contributed by atoms with Crippen LogP contribution < -0.4 is 5.69 Å². The molecule has 29 heavy (non-hydrogen) atoms. The van der Waals surface area contributed by atoms with Gasteiger partial charge in [0.15, 0.2) is 28.9 Å². The zero-order chi connectivity index (χ0) is 20.9. The summed E-state index contributed by atoms with van der Waals surface area (Å²) in [6.07, 6.45) is 3.54. The molecule has 0 unspecified atom stereocenters. The molecule has 4 rings (SSSR count). The van der Waals surface area contributed by atoms with Crippen LogP contribution in [0.4, 0.5) is 13.2 Å². The number of nitrogens with one attached hydrogen (secondary N) is 1. The fourth-order valence-electron chi connectivity index (χ4n) is 2.64. The van der Waals surface area contributed by atoms with Gasteiger partial charge in [-0.25, -0.2) is 36.4 Å². The minimum absolute atomic E-state index is 0.0292. The Balaban J connectivity index is 2.17. The predicted octanol–water partition coefficient (Wildman–Crippen LogP) is 1.36. The molecule has 0 fully saturated rings. The average molecular weight is 422 g/mol. The number of H-pyrrole nitrogens is 1. The van der Waals surface area contributed by atoms with Crippen LogP contribution >= 0.6 is 0 Å². The molecule has 0 aliphatic heterocycles. The van der Waals surface area contributed by atoms with Gasteiger partial charge < -0.3 is 0 Å². The van der Waals surface area contributed by atoms with Crippen LogP contribution in [0.2, 0.25) is 0 Å². The summed E-state index contributed by atoms with van der Waals surface area (Å²) in [6, 6.07) is 2.85. The van der Waals surface area contributed by atoms with Crippen molar-refractivity contribution in [3.8, 4) is 22.6 Å². The third-order valence-electron chi connectivity index (χ3n) is 3.88. The van der Waals surface area contributed by atoms with Crippen LogP contribution in [0.15, 0.2) is 40.5 Å². The Kier molecular flexibility index (Phi) is 4.19. The molecular formula is C16H9F3N6O3S. The topological polar surface area (TPSA) is 123 Å². The van der Waals surface area contributed by atoms with Crippen molar-refractivity contribution in [1.29, 1.82) is 0 Å². The zero-order valence-corrected chi connectivity index (χ0v) is 15.2. The quantitative estimate of drug-likeness (QED) is 0.495. The zero-order valence-electron chi connectivity index (χ0n) is 14.4. The maximum atomic E-state index is 13.9. The summed E-state index contributed by atoms with van der Waals surface area (Å²) in [7, 11) is -3.94. The molecular weight excluding hydrogens is 413 g/mol. The molecule has 3 heterocycles. The number of sulfone groups is 1. The predicted molar refractivity (Wildman–Crippen MR) is 93.1 cm³/mol. The van der Waals surface area contributed by atoms with E-state index in [-0.39, 0.29) is 28.3 Å². The van der Waals surface area contributed by atoms with Gasteiger partial charge in [0, 0.05) is 18.6 Å². The summed E-state index contributed by atoms with van der Waals surface area (Å²) in [5, 5.41) is 3.33. The molecule has 1 N–H and O–H groups in total. The number of hydrogen-bond donors (Lipinski definition) is 1. The molecule has 0 amide bonds. The second kappa shape index (κ2) is 6.48. The van der Waals surface area contributed by atoms with Gasteiger partial charge in [-0.15, -0.1) is 0 Å². The summed E-state index contributed by atoms with van der Waals surface area (Å²) >= 11 is 0. The van der Waals surface area contributed by atoms with Gasteiger partial charge in [0.1, 0.15) is 5.69 Å². The molecule has 0 saturated carbocycles. The molecule has 3 aromatic heterocycles. The van der Waals surface area contributed by atoms with Crippen molar-refractivity contribution in [3.63, 3.8) is 0 Å². The summed E-state index contributed by atoms with van der Waals surface area (Å²) in [5.41, 5.74) is -1.80. The minimum atomic E-state index is -3.94. The summed E-state index contributed by atoms with van der Waals surface area (Å²) in [6.45, 7) is 0. The van der Waals surface area contributed by atoms with Gasteiger partial charge in [0.05, 0.1) is 5.56 Å². The highest BCUT2D eigenvalue weighted by Crippen LogP contribution is 2.33. The van der Waals surface area contributed by atoms with E-state index < -0.39 is 38.1 Å². The number of aromatic nitrogens is 6. The first-order chi connectivity index (χ1) is 13.7. The van der Waals surface area contributed by atoms with Crippen LogP contribution in [-0.2, 0) is 9.84 Å². The second-order valence-corrected chi connectivity index (χ2v) is 7.84. The Morgan fingerprint density at radius 1 is 1.07 bits per heavy atom. The first-order valence-corrected chi connectivity index (χ1v) is 9.71. The van der Waals surface area contributed by atoms with Crippen LogP contribution in [-0.4, -0.2) is 44.2 Å². The number of halogens is 3. The fourth-order valence-corrected chi connectivity index (χ4v) is 3.17. The second-order valence-electron chi connectivity index (χ2n) is 5.90. The summed E-state index contributed by atoms with van der Waals surface area (Å²) in [5.74, 6) is -4.70. The van der Waals surface area contributed by atoms with Crippen molar-refractivity contribution in [1.82, 2.24) is 29.5 Å². The monoisotopic (exact) mass is 422 g/mol. The summed E-state index contributed by atoms with van der Waals surface area (Å²) in [4.78, 5) is 26.3. The maximum Gasteiger partial charge on any atom is 0.350 e. The van der Waals surface area contributed by atoms with Crippen LogP contribution in [0.5, 0.6) is 0 Å². The van der Waals surface area contributed by atoms with Gasteiger partial charge in [-0.2, -0.15) is 14.6 Å². The SMILES string of the molecule is CS(=O)(=O)c1nc2c(-c3cc(F)c(F)c(F)c3)c(-c3ncccn3)nn2c(=O)[nH]1. The van der Waals surface area contributed by atoms with E-state index in [0.29, 0.717) is 16.6 Å². The number of aromatic amines is 1. The number of nitrogens with zero attached hydrogens (tertiary/aromatic N) is 5. The fraction of sp³-hybridized carbons (Fsp3) is 0.0625. The lowest BCUT2D eigenvalue weighted by molar-refractivity contribution is 0.448. The number of rotatable bonds is 3. The van der Waals surface area contributed by atoms with Crippen molar-refractivity contribution in [2.24, 2.45) is 0 Å². The Labute approximate surface area is 159 Å². The van der Waals surface area contributed by atoms with Crippen LogP contribution in [0, 0.1) is 17.5 Å². The highest BCUT2D eigenvalue weighted by atomic mass is 32.2.